The molecule has 0 unspecified atom stereocenters. The van der Waals surface area contributed by atoms with E-state index in [0.29, 0.717) is 18.2 Å². The zero-order valence-corrected chi connectivity index (χ0v) is 12.3. The number of benzene rings is 1. The van der Waals surface area contributed by atoms with Crippen LogP contribution in [-0.4, -0.2) is 23.7 Å². The minimum atomic E-state index is -0.221. The van der Waals surface area contributed by atoms with Gasteiger partial charge in [-0.05, 0) is 49.9 Å². The van der Waals surface area contributed by atoms with Crippen LogP contribution in [0.5, 0.6) is 0 Å². The average molecular weight is 284 g/mol. The van der Waals surface area contributed by atoms with Crippen LogP contribution in [0.25, 0.3) is 10.9 Å². The molecule has 1 N–H and O–H groups in total. The minimum Gasteiger partial charge on any atom is -0.462 e. The number of nitrogens with one attached hydrogen (secondary N) is 1. The van der Waals surface area contributed by atoms with Gasteiger partial charge in [-0.15, -0.1) is 0 Å². The van der Waals surface area contributed by atoms with Crippen molar-refractivity contribution >= 4 is 16.9 Å². The number of nitrogens with zero attached hydrogens (tertiary/aromatic N) is 1. The van der Waals surface area contributed by atoms with Crippen molar-refractivity contribution in [3.05, 3.63) is 35.0 Å². The van der Waals surface area contributed by atoms with E-state index in [-0.39, 0.29) is 5.97 Å². The van der Waals surface area contributed by atoms with E-state index in [4.69, 9.17) is 4.74 Å². The van der Waals surface area contributed by atoms with E-state index < -0.39 is 0 Å². The zero-order valence-electron chi connectivity index (χ0n) is 12.3. The summed E-state index contributed by atoms with van der Waals surface area (Å²) in [4.78, 5) is 12.0. The van der Waals surface area contributed by atoms with Crippen molar-refractivity contribution < 1.29 is 9.53 Å². The molecule has 0 saturated heterocycles. The van der Waals surface area contributed by atoms with Gasteiger partial charge in [0.1, 0.15) is 0 Å². The Balaban J connectivity index is 1.90. The van der Waals surface area contributed by atoms with Crippen LogP contribution in [0, 0.1) is 0 Å². The predicted molar refractivity (Wildman–Crippen MR) is 81.6 cm³/mol. The van der Waals surface area contributed by atoms with Gasteiger partial charge in [-0.25, -0.2) is 4.79 Å². The van der Waals surface area contributed by atoms with Crippen LogP contribution in [-0.2, 0) is 17.7 Å². The molecular formula is C17H20N2O2. The highest BCUT2D eigenvalue weighted by molar-refractivity contribution is 5.96. The van der Waals surface area contributed by atoms with Crippen molar-refractivity contribution in [3.63, 3.8) is 0 Å². The van der Waals surface area contributed by atoms with E-state index >= 15 is 0 Å². The zero-order chi connectivity index (χ0) is 14.4. The molecule has 0 amide bonds. The van der Waals surface area contributed by atoms with Gasteiger partial charge in [-0.2, -0.15) is 0 Å². The Hall–Kier alpha value is -1.81. The number of esters is 1. The number of aryl methyl sites for hydroxylation is 1. The lowest BCUT2D eigenvalue weighted by Gasteiger charge is -2.31. The maximum atomic E-state index is 12.0. The number of hydrogen-bond donors (Lipinski definition) is 1. The second-order valence-electron chi connectivity index (χ2n) is 5.87. The van der Waals surface area contributed by atoms with Gasteiger partial charge in [0.2, 0.25) is 0 Å². The average Bonchev–Trinajstić information content (AvgIpc) is 2.84. The molecule has 2 heterocycles. The molecular weight excluding hydrogens is 264 g/mol. The van der Waals surface area contributed by atoms with Crippen molar-refractivity contribution in [2.45, 2.75) is 38.8 Å². The van der Waals surface area contributed by atoms with Crippen molar-refractivity contribution in [1.29, 1.82) is 0 Å². The van der Waals surface area contributed by atoms with Crippen LogP contribution < -0.4 is 5.32 Å². The number of rotatable bonds is 2. The quantitative estimate of drug-likeness (QED) is 0.862. The summed E-state index contributed by atoms with van der Waals surface area (Å²) in [6, 6.07) is 6.49. The summed E-state index contributed by atoms with van der Waals surface area (Å²) in [5.74, 6) is -0.221. The van der Waals surface area contributed by atoms with Gasteiger partial charge in [0, 0.05) is 35.7 Å². The van der Waals surface area contributed by atoms with Crippen LogP contribution in [0.1, 0.15) is 47.4 Å². The fraction of sp³-hybridized carbons (Fsp3) is 0.471. The Kier molecular flexibility index (Phi) is 3.00. The monoisotopic (exact) mass is 284 g/mol. The Morgan fingerprint density at radius 3 is 3.24 bits per heavy atom. The van der Waals surface area contributed by atoms with E-state index in [1.54, 1.807) is 0 Å². The minimum absolute atomic E-state index is 0.221. The van der Waals surface area contributed by atoms with Crippen molar-refractivity contribution in [2.24, 2.45) is 0 Å². The number of fused-ring (bicyclic) bond motifs is 3. The van der Waals surface area contributed by atoms with Gasteiger partial charge in [0.15, 0.2) is 0 Å². The summed E-state index contributed by atoms with van der Waals surface area (Å²) in [6.07, 6.45) is 3.55. The highest BCUT2D eigenvalue weighted by Gasteiger charge is 2.30. The molecule has 0 bridgehead atoms. The third-order valence-electron chi connectivity index (χ3n) is 4.70. The molecule has 4 rings (SSSR count). The van der Waals surface area contributed by atoms with Gasteiger partial charge in [-0.1, -0.05) is 0 Å². The first-order valence-electron chi connectivity index (χ1n) is 7.85. The van der Waals surface area contributed by atoms with Gasteiger partial charge in [0.05, 0.1) is 12.2 Å². The molecule has 1 aliphatic heterocycles. The van der Waals surface area contributed by atoms with E-state index in [0.717, 1.165) is 19.5 Å². The Bertz CT molecular complexity index is 715. The Labute approximate surface area is 124 Å². The van der Waals surface area contributed by atoms with E-state index in [1.807, 2.05) is 19.1 Å². The molecule has 0 fully saturated rings. The summed E-state index contributed by atoms with van der Waals surface area (Å²) in [7, 11) is 0. The summed E-state index contributed by atoms with van der Waals surface area (Å²) in [5.41, 5.74) is 4.81. The molecule has 2 aliphatic rings. The topological polar surface area (TPSA) is 43.3 Å². The first-order chi connectivity index (χ1) is 10.3. The van der Waals surface area contributed by atoms with Crippen LogP contribution >= 0.6 is 0 Å². The van der Waals surface area contributed by atoms with Crippen LogP contribution in [0.3, 0.4) is 0 Å². The fourth-order valence-electron chi connectivity index (χ4n) is 3.86. The lowest BCUT2D eigenvalue weighted by molar-refractivity contribution is 0.0526. The SMILES string of the molecule is CCOC(=O)c1ccc2c(c1)c1c3n2CCN[C@@H]3CCC1. The van der Waals surface area contributed by atoms with Crippen LogP contribution in [0.2, 0.25) is 0 Å². The molecule has 0 radical (unpaired) electrons. The molecule has 0 saturated carbocycles. The Morgan fingerprint density at radius 1 is 1.48 bits per heavy atom. The summed E-state index contributed by atoms with van der Waals surface area (Å²) >= 11 is 0. The second kappa shape index (κ2) is 4.88. The van der Waals surface area contributed by atoms with Gasteiger partial charge in [0.25, 0.3) is 0 Å². The number of aromatic nitrogens is 1. The summed E-state index contributed by atoms with van der Waals surface area (Å²) in [5, 5.41) is 4.86. The number of hydrogen-bond acceptors (Lipinski definition) is 3. The molecule has 1 aromatic carbocycles. The third kappa shape index (κ3) is 1.89. The maximum Gasteiger partial charge on any atom is 0.338 e. The second-order valence-corrected chi connectivity index (χ2v) is 5.87. The number of carbonyl (C=O) groups is 1. The van der Waals surface area contributed by atoms with E-state index in [9.17, 15) is 4.79 Å². The molecule has 110 valence electrons. The molecule has 1 atom stereocenters. The molecule has 0 spiro atoms. The molecule has 4 heteroatoms. The van der Waals surface area contributed by atoms with Crippen molar-refractivity contribution in [2.75, 3.05) is 13.2 Å². The lowest BCUT2D eigenvalue weighted by Crippen LogP contribution is -2.35. The predicted octanol–water partition coefficient (Wildman–Crippen LogP) is 2.80. The van der Waals surface area contributed by atoms with Crippen molar-refractivity contribution in [1.82, 2.24) is 9.88 Å². The molecule has 1 aliphatic carbocycles. The standard InChI is InChI=1S/C17H20N2O2/c1-2-21-17(20)11-6-7-15-13(10-11)12-4-3-5-14-16(12)19(15)9-8-18-14/h6-7,10,14,18H,2-5,8-9H2,1H3/t14-/m1/s1. The highest BCUT2D eigenvalue weighted by atomic mass is 16.5. The largest absolute Gasteiger partial charge is 0.462 e. The molecule has 2 aromatic rings. The maximum absolute atomic E-state index is 12.0. The molecule has 21 heavy (non-hydrogen) atoms. The lowest BCUT2D eigenvalue weighted by atomic mass is 9.90. The normalized spacial score (nSPS) is 20.3. The first kappa shape index (κ1) is 12.9. The third-order valence-corrected chi connectivity index (χ3v) is 4.70. The van der Waals surface area contributed by atoms with Crippen LogP contribution in [0.4, 0.5) is 0 Å². The first-order valence-corrected chi connectivity index (χ1v) is 7.85. The van der Waals surface area contributed by atoms with Crippen LogP contribution in [0.15, 0.2) is 18.2 Å². The van der Waals surface area contributed by atoms with Gasteiger partial charge >= 0.3 is 5.97 Å². The summed E-state index contributed by atoms with van der Waals surface area (Å²) < 4.78 is 7.57. The Morgan fingerprint density at radius 2 is 2.38 bits per heavy atom. The molecule has 4 nitrogen and oxygen atoms in total. The van der Waals surface area contributed by atoms with Gasteiger partial charge in [-0.3, -0.25) is 0 Å². The fourth-order valence-corrected chi connectivity index (χ4v) is 3.86. The molecule has 1 aromatic heterocycles. The van der Waals surface area contributed by atoms with E-state index in [2.05, 4.69) is 16.0 Å². The number of carbonyl (C=O) groups excluding carboxylic acids is 1. The number of ether oxygens (including phenoxy) is 1. The highest BCUT2D eigenvalue weighted by Crippen LogP contribution is 2.39. The van der Waals surface area contributed by atoms with E-state index in [1.165, 1.54) is 35.0 Å². The van der Waals surface area contributed by atoms with Crippen molar-refractivity contribution in [3.8, 4) is 0 Å². The smallest absolute Gasteiger partial charge is 0.338 e. The summed E-state index contributed by atoms with van der Waals surface area (Å²) in [6.45, 7) is 4.30. The van der Waals surface area contributed by atoms with Gasteiger partial charge < -0.3 is 14.6 Å².